The van der Waals surface area contributed by atoms with Crippen molar-refractivity contribution in [2.24, 2.45) is 0 Å². The minimum Gasteiger partial charge on any atom is -0.507 e. The highest BCUT2D eigenvalue weighted by molar-refractivity contribution is 6.26. The van der Waals surface area contributed by atoms with Crippen molar-refractivity contribution in [2.45, 2.75) is 0 Å². The second kappa shape index (κ2) is 5.45. The van der Waals surface area contributed by atoms with Crippen LogP contribution in [0.1, 0.15) is 31.1 Å². The number of phenolic OH excluding ortho intramolecular Hbond substituents is 1. The van der Waals surface area contributed by atoms with Gasteiger partial charge < -0.3 is 5.11 Å². The Balaban J connectivity index is 1.78. The van der Waals surface area contributed by atoms with Gasteiger partial charge in [0.1, 0.15) is 5.75 Å². The molecule has 0 saturated heterocycles. The van der Waals surface area contributed by atoms with Gasteiger partial charge in [-0.2, -0.15) is 5.01 Å². The number of hydrogen-bond acceptors (Lipinski definition) is 4. The van der Waals surface area contributed by atoms with E-state index in [-0.39, 0.29) is 16.9 Å². The molecular weight excluding hydrogens is 320 g/mol. The van der Waals surface area contributed by atoms with Crippen LogP contribution < -0.4 is 5.43 Å². The Morgan fingerprint density at radius 1 is 0.840 bits per heavy atom. The largest absolute Gasteiger partial charge is 0.507 e. The highest BCUT2D eigenvalue weighted by Crippen LogP contribution is 2.34. The summed E-state index contributed by atoms with van der Waals surface area (Å²) in [5.74, 6) is -1.85. The minimum absolute atomic E-state index is 0.0111. The molecule has 6 heteroatoms. The maximum absolute atomic E-state index is 12.7. The number of phenols is 1. The van der Waals surface area contributed by atoms with E-state index < -0.39 is 17.7 Å². The summed E-state index contributed by atoms with van der Waals surface area (Å²) < 4.78 is 0. The Kier molecular flexibility index (Phi) is 3.25. The molecule has 3 aromatic carbocycles. The highest BCUT2D eigenvalue weighted by Gasteiger charge is 2.34. The van der Waals surface area contributed by atoms with Crippen LogP contribution in [0.4, 0.5) is 0 Å². The van der Waals surface area contributed by atoms with E-state index in [1.165, 1.54) is 12.1 Å². The van der Waals surface area contributed by atoms with Crippen LogP contribution in [0, 0.1) is 0 Å². The molecule has 3 amide bonds. The van der Waals surface area contributed by atoms with Crippen LogP contribution in [-0.4, -0.2) is 27.8 Å². The van der Waals surface area contributed by atoms with Crippen molar-refractivity contribution >= 4 is 28.5 Å². The van der Waals surface area contributed by atoms with Crippen molar-refractivity contribution in [3.63, 3.8) is 0 Å². The maximum atomic E-state index is 12.7. The van der Waals surface area contributed by atoms with Crippen LogP contribution in [-0.2, 0) is 0 Å². The van der Waals surface area contributed by atoms with Crippen molar-refractivity contribution in [2.75, 3.05) is 0 Å². The highest BCUT2D eigenvalue weighted by atomic mass is 16.3. The Bertz CT molecular complexity index is 1020. The number of carbonyl (C=O) groups is 3. The summed E-state index contributed by atoms with van der Waals surface area (Å²) >= 11 is 0. The first-order valence-electron chi connectivity index (χ1n) is 7.57. The van der Waals surface area contributed by atoms with E-state index in [9.17, 15) is 19.5 Å². The second-order valence-electron chi connectivity index (χ2n) is 5.61. The van der Waals surface area contributed by atoms with E-state index in [1.54, 1.807) is 48.5 Å². The van der Waals surface area contributed by atoms with Crippen LogP contribution in [0.5, 0.6) is 5.75 Å². The number of aromatic hydroxyl groups is 1. The van der Waals surface area contributed by atoms with E-state index in [0.29, 0.717) is 21.3 Å². The lowest BCUT2D eigenvalue weighted by Crippen LogP contribution is -2.51. The predicted molar refractivity (Wildman–Crippen MR) is 90.0 cm³/mol. The SMILES string of the molecule is O=C(NN1C(=O)c2cccc3c(O)ccc(c23)C1=O)c1ccccc1. The Labute approximate surface area is 142 Å². The number of amides is 3. The summed E-state index contributed by atoms with van der Waals surface area (Å²) in [7, 11) is 0. The molecule has 122 valence electrons. The van der Waals surface area contributed by atoms with E-state index in [2.05, 4.69) is 5.43 Å². The minimum atomic E-state index is -0.641. The summed E-state index contributed by atoms with van der Waals surface area (Å²) in [5.41, 5.74) is 3.19. The predicted octanol–water partition coefficient (Wildman–Crippen LogP) is 2.49. The monoisotopic (exact) mass is 332 g/mol. The molecule has 0 bridgehead atoms. The quantitative estimate of drug-likeness (QED) is 0.706. The Morgan fingerprint density at radius 2 is 1.52 bits per heavy atom. The Morgan fingerprint density at radius 3 is 2.24 bits per heavy atom. The lowest BCUT2D eigenvalue weighted by atomic mass is 9.94. The van der Waals surface area contributed by atoms with Gasteiger partial charge in [0, 0.05) is 16.3 Å². The molecule has 1 aliphatic heterocycles. The molecule has 6 nitrogen and oxygen atoms in total. The topological polar surface area (TPSA) is 86.7 Å². The molecule has 0 aromatic heterocycles. The molecule has 25 heavy (non-hydrogen) atoms. The van der Waals surface area contributed by atoms with E-state index in [4.69, 9.17) is 0 Å². The molecular formula is C19H12N2O4. The van der Waals surface area contributed by atoms with E-state index >= 15 is 0 Å². The number of nitrogens with one attached hydrogen (secondary N) is 1. The van der Waals surface area contributed by atoms with Gasteiger partial charge in [0.25, 0.3) is 17.7 Å². The maximum Gasteiger partial charge on any atom is 0.280 e. The fraction of sp³-hybridized carbons (Fsp3) is 0. The summed E-state index contributed by atoms with van der Waals surface area (Å²) in [6.07, 6.45) is 0. The van der Waals surface area contributed by atoms with Crippen molar-refractivity contribution in [3.8, 4) is 5.75 Å². The van der Waals surface area contributed by atoms with Crippen LogP contribution in [0.2, 0.25) is 0 Å². The van der Waals surface area contributed by atoms with Crippen molar-refractivity contribution < 1.29 is 19.5 Å². The number of nitrogens with zero attached hydrogens (tertiary/aromatic N) is 1. The normalized spacial score (nSPS) is 13.2. The van der Waals surface area contributed by atoms with Gasteiger partial charge >= 0.3 is 0 Å². The fourth-order valence-corrected chi connectivity index (χ4v) is 2.94. The van der Waals surface area contributed by atoms with Gasteiger partial charge in [-0.25, -0.2) is 0 Å². The summed E-state index contributed by atoms with van der Waals surface area (Å²) in [4.78, 5) is 37.7. The van der Waals surface area contributed by atoms with Gasteiger partial charge in [0.15, 0.2) is 0 Å². The number of rotatable bonds is 2. The third kappa shape index (κ3) is 2.23. The molecule has 0 atom stereocenters. The number of hydrazine groups is 1. The first-order chi connectivity index (χ1) is 12.1. The van der Waals surface area contributed by atoms with E-state index in [1.807, 2.05) is 0 Å². The van der Waals surface area contributed by atoms with Crippen LogP contribution >= 0.6 is 0 Å². The molecule has 0 aliphatic carbocycles. The van der Waals surface area contributed by atoms with Gasteiger partial charge in [0.2, 0.25) is 0 Å². The van der Waals surface area contributed by atoms with Gasteiger partial charge in [0.05, 0.1) is 11.1 Å². The summed E-state index contributed by atoms with van der Waals surface area (Å²) in [6.45, 7) is 0. The third-order valence-corrected chi connectivity index (χ3v) is 4.13. The molecule has 3 aromatic rings. The van der Waals surface area contributed by atoms with Crippen molar-refractivity contribution in [3.05, 3.63) is 77.4 Å². The molecule has 0 saturated carbocycles. The average Bonchev–Trinajstić information content (AvgIpc) is 2.65. The number of benzene rings is 3. The molecule has 1 heterocycles. The van der Waals surface area contributed by atoms with E-state index in [0.717, 1.165) is 0 Å². The number of hydrogen-bond donors (Lipinski definition) is 2. The standard InChI is InChI=1S/C19H12N2O4/c22-15-10-9-14-16-12(15)7-4-8-13(16)18(24)21(19(14)25)20-17(23)11-5-2-1-3-6-11/h1-10,22H,(H,20,23). The van der Waals surface area contributed by atoms with Crippen LogP contribution in [0.25, 0.3) is 10.8 Å². The van der Waals surface area contributed by atoms with Crippen molar-refractivity contribution in [1.82, 2.24) is 10.4 Å². The molecule has 0 fully saturated rings. The van der Waals surface area contributed by atoms with Gasteiger partial charge in [-0.15, -0.1) is 0 Å². The smallest absolute Gasteiger partial charge is 0.280 e. The second-order valence-corrected chi connectivity index (χ2v) is 5.61. The number of carbonyl (C=O) groups excluding carboxylic acids is 3. The summed E-state index contributed by atoms with van der Waals surface area (Å²) in [5, 5.41) is 11.5. The molecule has 0 radical (unpaired) electrons. The molecule has 0 unspecified atom stereocenters. The van der Waals surface area contributed by atoms with Gasteiger partial charge in [-0.3, -0.25) is 19.8 Å². The lowest BCUT2D eigenvalue weighted by Gasteiger charge is -2.27. The fourth-order valence-electron chi connectivity index (χ4n) is 2.94. The number of imide groups is 1. The zero-order chi connectivity index (χ0) is 17.6. The molecule has 1 aliphatic rings. The van der Waals surface area contributed by atoms with Gasteiger partial charge in [-0.05, 0) is 30.3 Å². The van der Waals surface area contributed by atoms with Gasteiger partial charge in [-0.1, -0.05) is 30.3 Å². The molecule has 2 N–H and O–H groups in total. The Hall–Kier alpha value is -3.67. The molecule has 4 rings (SSSR count). The zero-order valence-corrected chi connectivity index (χ0v) is 12.9. The molecule has 0 spiro atoms. The lowest BCUT2D eigenvalue weighted by molar-refractivity contribution is 0.0479. The average molecular weight is 332 g/mol. The van der Waals surface area contributed by atoms with Crippen molar-refractivity contribution in [1.29, 1.82) is 0 Å². The third-order valence-electron chi connectivity index (χ3n) is 4.13. The van der Waals surface area contributed by atoms with Crippen LogP contribution in [0.3, 0.4) is 0 Å². The first kappa shape index (κ1) is 14.9. The summed E-state index contributed by atoms with van der Waals surface area (Å²) in [6, 6.07) is 16.0. The zero-order valence-electron chi connectivity index (χ0n) is 12.9. The first-order valence-corrected chi connectivity index (χ1v) is 7.57. The van der Waals surface area contributed by atoms with Crippen LogP contribution in [0.15, 0.2) is 60.7 Å².